The van der Waals surface area contributed by atoms with Gasteiger partial charge >= 0.3 is 0 Å². The van der Waals surface area contributed by atoms with Crippen molar-refractivity contribution in [2.45, 2.75) is 47.5 Å². The zero-order valence-electron chi connectivity index (χ0n) is 39.1. The molecule has 0 saturated carbocycles. The Kier molecular flexibility index (Phi) is 11.3. The summed E-state index contributed by atoms with van der Waals surface area (Å²) in [5.41, 5.74) is 36.3. The number of nitrogens with two attached hydrogens (primary N) is 2. The summed E-state index contributed by atoms with van der Waals surface area (Å²) in [5, 5.41) is 4.92. The Morgan fingerprint density at radius 2 is 1.06 bits per heavy atom. The summed E-state index contributed by atoms with van der Waals surface area (Å²) in [6.07, 6.45) is 17.5. The van der Waals surface area contributed by atoms with Crippen LogP contribution in [0, 0.1) is 0 Å². The predicted molar refractivity (Wildman–Crippen MR) is 290 cm³/mol. The van der Waals surface area contributed by atoms with Crippen molar-refractivity contribution in [2.24, 2.45) is 11.5 Å². The van der Waals surface area contributed by atoms with E-state index in [9.17, 15) is 0 Å². The molecule has 0 saturated heterocycles. The standard InChI is InChI=1S/C63H56N4/c1-7-10-16-43(9-3)45-19-14-21-47(31-45)49-25-27-59-55(33-49)57-35-51-23-24-52-36-58-56-34-50(48-22-15-20-46(32-48)44-17-12-11-13-18-44)26-28-60(56)67(63(39-65)40(4)8-2)62(58)38-54(52)53(51)37-61(57)66(59)42(6)41(5)29-30-64/h7-22,25-39H,1,23-24,64-65H2,2-6H3/b16-10-,30-29-,40-8-,42-41+,43-9+,63-39+. The molecule has 4 nitrogen and oxygen atoms in total. The van der Waals surface area contributed by atoms with Gasteiger partial charge in [-0.15, -0.1) is 0 Å². The lowest BCUT2D eigenvalue weighted by atomic mass is 9.84. The van der Waals surface area contributed by atoms with Gasteiger partial charge in [0.25, 0.3) is 0 Å². The first-order valence-electron chi connectivity index (χ1n) is 23.3. The monoisotopic (exact) mass is 868 g/mol. The summed E-state index contributed by atoms with van der Waals surface area (Å²) < 4.78 is 4.80. The van der Waals surface area contributed by atoms with Crippen molar-refractivity contribution in [2.75, 3.05) is 0 Å². The van der Waals surface area contributed by atoms with Crippen LogP contribution in [-0.2, 0) is 12.8 Å². The topological polar surface area (TPSA) is 61.9 Å². The van der Waals surface area contributed by atoms with Crippen molar-refractivity contribution in [3.8, 4) is 44.5 Å². The fraction of sp³-hybridized carbons (Fsp3) is 0.111. The molecule has 0 aliphatic heterocycles. The first kappa shape index (κ1) is 42.8. The predicted octanol–water partition coefficient (Wildman–Crippen LogP) is 16.3. The number of hydrogen-bond acceptors (Lipinski definition) is 2. The number of nitrogens with zero attached hydrogens (tertiary/aromatic N) is 2. The Labute approximate surface area is 394 Å². The molecule has 0 radical (unpaired) electrons. The van der Waals surface area contributed by atoms with Crippen molar-refractivity contribution in [1.82, 2.24) is 9.13 Å². The van der Waals surface area contributed by atoms with Crippen molar-refractivity contribution in [1.29, 1.82) is 0 Å². The Morgan fingerprint density at radius 1 is 0.522 bits per heavy atom. The highest BCUT2D eigenvalue weighted by Crippen LogP contribution is 2.45. The molecule has 7 aromatic carbocycles. The Bertz CT molecular complexity index is 3650. The summed E-state index contributed by atoms with van der Waals surface area (Å²) in [5.74, 6) is 0. The molecule has 328 valence electrons. The molecule has 0 spiro atoms. The summed E-state index contributed by atoms with van der Waals surface area (Å²) in [6, 6.07) is 52.0. The molecule has 0 unspecified atom stereocenters. The van der Waals surface area contributed by atoms with Crippen LogP contribution in [0.3, 0.4) is 0 Å². The van der Waals surface area contributed by atoms with Crippen LogP contribution in [0.5, 0.6) is 0 Å². The van der Waals surface area contributed by atoms with E-state index in [-0.39, 0.29) is 0 Å². The molecule has 4 heteroatoms. The average Bonchev–Trinajstić information content (AvgIpc) is 3.86. The van der Waals surface area contributed by atoms with Crippen LogP contribution in [0.4, 0.5) is 0 Å². The van der Waals surface area contributed by atoms with Crippen LogP contribution in [-0.4, -0.2) is 9.13 Å². The van der Waals surface area contributed by atoms with Gasteiger partial charge in [-0.05, 0) is 198 Å². The number of aryl methyl sites for hydroxylation is 2. The van der Waals surface area contributed by atoms with E-state index in [1.165, 1.54) is 93.8 Å². The fourth-order valence-corrected chi connectivity index (χ4v) is 10.3. The lowest BCUT2D eigenvalue weighted by Gasteiger charge is -2.22. The Hall–Kier alpha value is -8.08. The van der Waals surface area contributed by atoms with Gasteiger partial charge in [0.2, 0.25) is 0 Å². The number of allylic oxidation sites excluding steroid dienone is 11. The van der Waals surface area contributed by atoms with Gasteiger partial charge in [0.1, 0.15) is 0 Å². The fourth-order valence-electron chi connectivity index (χ4n) is 10.3. The van der Waals surface area contributed by atoms with Gasteiger partial charge in [-0.25, -0.2) is 0 Å². The summed E-state index contributed by atoms with van der Waals surface area (Å²) in [4.78, 5) is 0. The second-order valence-electron chi connectivity index (χ2n) is 17.7. The van der Waals surface area contributed by atoms with Gasteiger partial charge in [0.05, 0.1) is 27.8 Å². The maximum atomic E-state index is 6.56. The highest BCUT2D eigenvalue weighted by atomic mass is 15.0. The largest absolute Gasteiger partial charge is 0.405 e. The van der Waals surface area contributed by atoms with Gasteiger partial charge in [-0.2, -0.15) is 0 Å². The molecule has 0 bridgehead atoms. The third kappa shape index (κ3) is 7.45. The minimum absolute atomic E-state index is 0.951. The number of hydrogen-bond donors (Lipinski definition) is 2. The molecule has 9 aromatic rings. The summed E-state index contributed by atoms with van der Waals surface area (Å²) in [6.45, 7) is 14.5. The maximum Gasteiger partial charge on any atom is 0.0642 e. The molecule has 0 fully saturated rings. The van der Waals surface area contributed by atoms with E-state index < -0.39 is 0 Å². The lowest BCUT2D eigenvalue weighted by molar-refractivity contribution is 0.946. The molecule has 4 N–H and O–H groups in total. The van der Waals surface area contributed by atoms with Gasteiger partial charge in [-0.3, -0.25) is 0 Å². The molecular weight excluding hydrogens is 813 g/mol. The molecule has 0 amide bonds. The first-order chi connectivity index (χ1) is 32.7. The van der Waals surface area contributed by atoms with Gasteiger partial charge in [0.15, 0.2) is 0 Å². The average molecular weight is 869 g/mol. The minimum atomic E-state index is 0.951. The molecule has 1 aliphatic carbocycles. The molecule has 2 heterocycles. The van der Waals surface area contributed by atoms with Crippen LogP contribution >= 0.6 is 0 Å². The van der Waals surface area contributed by atoms with E-state index >= 15 is 0 Å². The second kappa shape index (κ2) is 17.7. The van der Waals surface area contributed by atoms with Crippen LogP contribution in [0.15, 0.2) is 206 Å². The highest BCUT2D eigenvalue weighted by Gasteiger charge is 2.25. The highest BCUT2D eigenvalue weighted by molar-refractivity contribution is 6.15. The van der Waals surface area contributed by atoms with E-state index in [0.717, 1.165) is 52.0 Å². The number of aromatic nitrogens is 2. The third-order valence-electron chi connectivity index (χ3n) is 14.0. The summed E-state index contributed by atoms with van der Waals surface area (Å²) >= 11 is 0. The van der Waals surface area contributed by atoms with Crippen LogP contribution in [0.2, 0.25) is 0 Å². The SMILES string of the molecule is C=C/C=C\C(=C/C)c1cccc(-c2ccc3c(c2)c2cc4c(cc2n3/C(C)=C(C)/C=C\N)-c2cc3c(cc2CC4)c2cc(-c4cccc(-c5ccccc5)c4)ccc2n3C(=C/N)/C(C)=C\C)c1. The number of rotatable bonds is 10. The van der Waals surface area contributed by atoms with Crippen molar-refractivity contribution in [3.63, 3.8) is 0 Å². The lowest BCUT2D eigenvalue weighted by Crippen LogP contribution is -2.06. The van der Waals surface area contributed by atoms with Crippen LogP contribution < -0.4 is 11.5 Å². The normalized spacial score (nSPS) is 13.9. The van der Waals surface area contributed by atoms with E-state index in [4.69, 9.17) is 11.5 Å². The van der Waals surface area contributed by atoms with E-state index in [1.54, 1.807) is 12.4 Å². The Balaban J connectivity index is 1.18. The molecule has 1 aliphatic rings. The smallest absolute Gasteiger partial charge is 0.0642 e. The maximum absolute atomic E-state index is 6.56. The van der Waals surface area contributed by atoms with E-state index in [1.807, 2.05) is 18.2 Å². The van der Waals surface area contributed by atoms with Gasteiger partial charge in [-0.1, -0.05) is 116 Å². The van der Waals surface area contributed by atoms with Gasteiger partial charge < -0.3 is 20.6 Å². The number of fused-ring (bicyclic) bond motifs is 9. The van der Waals surface area contributed by atoms with Crippen LogP contribution in [0.1, 0.15) is 51.3 Å². The van der Waals surface area contributed by atoms with E-state index in [0.29, 0.717) is 0 Å². The second-order valence-corrected chi connectivity index (χ2v) is 17.7. The number of benzene rings is 7. The van der Waals surface area contributed by atoms with Crippen molar-refractivity contribution < 1.29 is 0 Å². The Morgan fingerprint density at radius 3 is 1.64 bits per heavy atom. The zero-order valence-corrected chi connectivity index (χ0v) is 39.1. The van der Waals surface area contributed by atoms with Crippen molar-refractivity contribution in [3.05, 3.63) is 223 Å². The van der Waals surface area contributed by atoms with Gasteiger partial charge in [0, 0.05) is 33.4 Å². The quantitative estimate of drug-likeness (QED) is 0.135. The first-order valence-corrected chi connectivity index (χ1v) is 23.3. The third-order valence-corrected chi connectivity index (χ3v) is 14.0. The zero-order chi connectivity index (χ0) is 46.3. The summed E-state index contributed by atoms with van der Waals surface area (Å²) in [7, 11) is 0. The molecular formula is C63H56N4. The molecule has 0 atom stereocenters. The molecule has 2 aromatic heterocycles. The van der Waals surface area contributed by atoms with E-state index in [2.05, 4.69) is 208 Å². The minimum Gasteiger partial charge on any atom is -0.405 e. The van der Waals surface area contributed by atoms with Crippen LogP contribution in [0.25, 0.3) is 105 Å². The molecule has 67 heavy (non-hydrogen) atoms. The van der Waals surface area contributed by atoms with Crippen molar-refractivity contribution >= 4 is 60.6 Å². The molecule has 10 rings (SSSR count).